The first-order chi connectivity index (χ1) is 16.7. The first-order valence-electron chi connectivity index (χ1n) is 10.3. The second-order valence-electron chi connectivity index (χ2n) is 7.66. The third kappa shape index (κ3) is 5.33. The summed E-state index contributed by atoms with van der Waals surface area (Å²) in [6, 6.07) is 7.38. The normalized spacial score (nSPS) is 12.1. The van der Waals surface area contributed by atoms with Crippen LogP contribution >= 0.6 is 15.9 Å². The summed E-state index contributed by atoms with van der Waals surface area (Å²) >= 11 is 3.41. The number of nitrogens with one attached hydrogen (secondary N) is 1. The van der Waals surface area contributed by atoms with Crippen LogP contribution in [0.5, 0.6) is 0 Å². The van der Waals surface area contributed by atoms with Crippen molar-refractivity contribution in [2.75, 3.05) is 18.5 Å². The lowest BCUT2D eigenvalue weighted by Gasteiger charge is -2.22. The molecule has 0 aliphatic rings. The zero-order valence-corrected chi connectivity index (χ0v) is 21.1. The van der Waals surface area contributed by atoms with E-state index >= 15 is 0 Å². The number of hydrogen-bond donors (Lipinski definition) is 1. The Morgan fingerprint density at radius 3 is 2.80 bits per heavy atom. The number of rotatable bonds is 9. The monoisotopic (exact) mass is 560 g/mol. The number of hydrazone groups is 1. The number of nitro benzene ring substituents is 1. The molecule has 35 heavy (non-hydrogen) atoms. The Morgan fingerprint density at radius 2 is 2.09 bits per heavy atom. The van der Waals surface area contributed by atoms with Gasteiger partial charge in [-0.15, -0.1) is 0 Å². The Morgan fingerprint density at radius 1 is 1.29 bits per heavy atom. The summed E-state index contributed by atoms with van der Waals surface area (Å²) in [6.45, 7) is 2.63. The minimum atomic E-state index is -4.25. The number of fused-ring (bicyclic) bond motifs is 1. The maximum Gasteiger partial charge on any atom is 0.278 e. The van der Waals surface area contributed by atoms with E-state index in [0.29, 0.717) is 30.1 Å². The molecule has 1 N–H and O–H groups in total. The van der Waals surface area contributed by atoms with E-state index in [1.807, 2.05) is 16.7 Å². The highest BCUT2D eigenvalue weighted by Gasteiger charge is 2.24. The van der Waals surface area contributed by atoms with E-state index < -0.39 is 14.9 Å². The van der Waals surface area contributed by atoms with Gasteiger partial charge in [-0.25, -0.2) is 9.50 Å². The van der Waals surface area contributed by atoms with Gasteiger partial charge in [0.05, 0.1) is 34.4 Å². The van der Waals surface area contributed by atoms with Crippen molar-refractivity contribution in [3.05, 3.63) is 81.6 Å². The number of pyridine rings is 1. The van der Waals surface area contributed by atoms with E-state index in [9.17, 15) is 18.5 Å². The molecule has 4 aromatic rings. The fourth-order valence-electron chi connectivity index (χ4n) is 3.42. The zero-order valence-electron chi connectivity index (χ0n) is 18.7. The van der Waals surface area contributed by atoms with Crippen molar-refractivity contribution in [3.8, 4) is 0 Å². The Bertz CT molecular complexity index is 1520. The highest BCUT2D eigenvalue weighted by molar-refractivity contribution is 9.10. The van der Waals surface area contributed by atoms with E-state index in [2.05, 4.69) is 35.9 Å². The number of nitro groups is 1. The molecular formula is C21H21BrN8O4S. The molecule has 0 unspecified atom stereocenters. The minimum absolute atomic E-state index is 0.251. The highest BCUT2D eigenvalue weighted by atomic mass is 79.9. The SMILES string of the molecule is C/C(=N\NS(=O)(=O)c1cc([N+](=O)[O-])ccc1N(C)CCn1ccnc1)c1cnn2ccc(Br)cc12. The van der Waals surface area contributed by atoms with Crippen LogP contribution in [0.1, 0.15) is 12.5 Å². The van der Waals surface area contributed by atoms with Gasteiger partial charge in [0.1, 0.15) is 4.90 Å². The smallest absolute Gasteiger partial charge is 0.278 e. The van der Waals surface area contributed by atoms with Crippen molar-refractivity contribution in [2.45, 2.75) is 18.4 Å². The Hall–Kier alpha value is -3.78. The fraction of sp³-hybridized carbons (Fsp3) is 0.190. The maximum absolute atomic E-state index is 13.2. The van der Waals surface area contributed by atoms with E-state index in [1.165, 1.54) is 12.1 Å². The minimum Gasteiger partial charge on any atom is -0.372 e. The van der Waals surface area contributed by atoms with Gasteiger partial charge in [0.25, 0.3) is 15.7 Å². The van der Waals surface area contributed by atoms with Crippen LogP contribution in [-0.4, -0.2) is 51.8 Å². The molecule has 0 aliphatic heterocycles. The molecule has 0 saturated heterocycles. The predicted octanol–water partition coefficient (Wildman–Crippen LogP) is 3.04. The molecule has 0 bridgehead atoms. The fourth-order valence-corrected chi connectivity index (χ4v) is 4.89. The molecule has 14 heteroatoms. The molecule has 3 heterocycles. The number of sulfonamides is 1. The zero-order chi connectivity index (χ0) is 25.2. The number of aromatic nitrogens is 4. The Kier molecular flexibility index (Phi) is 6.84. The van der Waals surface area contributed by atoms with Gasteiger partial charge in [0.2, 0.25) is 0 Å². The van der Waals surface area contributed by atoms with Gasteiger partial charge < -0.3 is 9.47 Å². The second-order valence-corrected chi connectivity index (χ2v) is 10.2. The lowest BCUT2D eigenvalue weighted by atomic mass is 10.2. The quantitative estimate of drug-likeness (QED) is 0.188. The average Bonchev–Trinajstić information content (AvgIpc) is 3.50. The van der Waals surface area contributed by atoms with Gasteiger partial charge in [-0.2, -0.15) is 23.4 Å². The highest BCUT2D eigenvalue weighted by Crippen LogP contribution is 2.29. The summed E-state index contributed by atoms with van der Waals surface area (Å²) < 4.78 is 30.8. The molecule has 0 aliphatic carbocycles. The van der Waals surface area contributed by atoms with Gasteiger partial charge in [0.15, 0.2) is 0 Å². The van der Waals surface area contributed by atoms with Gasteiger partial charge in [-0.1, -0.05) is 15.9 Å². The first kappa shape index (κ1) is 24.3. The Balaban J connectivity index is 1.64. The molecule has 0 radical (unpaired) electrons. The van der Waals surface area contributed by atoms with Crippen LogP contribution in [0.15, 0.2) is 75.9 Å². The topological polar surface area (TPSA) is 140 Å². The molecule has 0 atom stereocenters. The van der Waals surface area contributed by atoms with Crippen LogP contribution in [0.3, 0.4) is 0 Å². The van der Waals surface area contributed by atoms with Crippen molar-refractivity contribution < 1.29 is 13.3 Å². The van der Waals surface area contributed by atoms with Crippen molar-refractivity contribution in [3.63, 3.8) is 0 Å². The first-order valence-corrected chi connectivity index (χ1v) is 12.6. The number of benzene rings is 1. The van der Waals surface area contributed by atoms with Crippen molar-refractivity contribution in [2.24, 2.45) is 5.10 Å². The van der Waals surface area contributed by atoms with E-state index in [0.717, 1.165) is 16.1 Å². The number of likely N-dealkylation sites (N-methyl/N-ethyl adjacent to an activating group) is 1. The molecular weight excluding hydrogens is 540 g/mol. The average molecular weight is 561 g/mol. The largest absolute Gasteiger partial charge is 0.372 e. The van der Waals surface area contributed by atoms with Crippen LogP contribution < -0.4 is 9.73 Å². The van der Waals surface area contributed by atoms with E-state index in [1.54, 1.807) is 54.5 Å². The van der Waals surface area contributed by atoms with Crippen LogP contribution in [0, 0.1) is 10.1 Å². The third-order valence-corrected chi connectivity index (χ3v) is 7.05. The Labute approximate surface area is 209 Å². The summed E-state index contributed by atoms with van der Waals surface area (Å²) in [6.07, 6.45) is 8.43. The van der Waals surface area contributed by atoms with Gasteiger partial charge in [-0.05, 0) is 25.1 Å². The number of non-ortho nitro benzene ring substituents is 1. The maximum atomic E-state index is 13.2. The lowest BCUT2D eigenvalue weighted by Crippen LogP contribution is -2.27. The van der Waals surface area contributed by atoms with Crippen LogP contribution in [0.25, 0.3) is 5.52 Å². The van der Waals surface area contributed by atoms with Crippen LogP contribution in [0.2, 0.25) is 0 Å². The molecule has 182 valence electrons. The van der Waals surface area contributed by atoms with Crippen molar-refractivity contribution in [1.29, 1.82) is 0 Å². The van der Waals surface area contributed by atoms with E-state index in [-0.39, 0.29) is 10.6 Å². The summed E-state index contributed by atoms with van der Waals surface area (Å²) in [7, 11) is -2.54. The van der Waals surface area contributed by atoms with Gasteiger partial charge >= 0.3 is 0 Å². The van der Waals surface area contributed by atoms with Gasteiger partial charge in [0, 0.05) is 60.9 Å². The number of nitrogens with zero attached hydrogens (tertiary/aromatic N) is 7. The number of hydrogen-bond acceptors (Lipinski definition) is 8. The van der Waals surface area contributed by atoms with Crippen molar-refractivity contribution >= 4 is 48.6 Å². The third-order valence-electron chi connectivity index (χ3n) is 5.31. The molecule has 12 nitrogen and oxygen atoms in total. The molecule has 1 aromatic carbocycles. The van der Waals surface area contributed by atoms with E-state index in [4.69, 9.17) is 0 Å². The summed E-state index contributed by atoms with van der Waals surface area (Å²) in [5.41, 5.74) is 1.70. The molecule has 4 rings (SSSR count). The molecule has 0 saturated carbocycles. The number of halogens is 1. The lowest BCUT2D eigenvalue weighted by molar-refractivity contribution is -0.385. The summed E-state index contributed by atoms with van der Waals surface area (Å²) in [4.78, 5) is 18.4. The molecule has 0 spiro atoms. The van der Waals surface area contributed by atoms with Crippen molar-refractivity contribution in [1.82, 2.24) is 24.0 Å². The summed E-state index contributed by atoms with van der Waals surface area (Å²) in [5.74, 6) is 0. The van der Waals surface area contributed by atoms with Gasteiger partial charge in [-0.3, -0.25) is 10.1 Å². The van der Waals surface area contributed by atoms with Crippen LogP contribution in [0.4, 0.5) is 11.4 Å². The summed E-state index contributed by atoms with van der Waals surface area (Å²) in [5, 5.41) is 19.7. The molecule has 3 aromatic heterocycles. The second kappa shape index (κ2) is 9.84. The number of anilines is 1. The van der Waals surface area contributed by atoms with Crippen LogP contribution in [-0.2, 0) is 16.6 Å². The number of imidazole rings is 1. The molecule has 0 amide bonds. The standard InChI is InChI=1S/C21H21BrN8O4S/c1-15(18-13-24-29-7-5-16(22)11-20(18)29)25-26-35(33,34)21-12-17(30(31)32)3-4-19(21)27(2)9-10-28-8-6-23-14-28/h3-8,11-14,26H,9-10H2,1-2H3/b25-15+. The predicted molar refractivity (Wildman–Crippen MR) is 134 cm³/mol. The molecule has 0 fully saturated rings.